The van der Waals surface area contributed by atoms with Gasteiger partial charge >= 0.3 is 6.03 Å². The highest BCUT2D eigenvalue weighted by molar-refractivity contribution is 7.09. The van der Waals surface area contributed by atoms with E-state index >= 15 is 0 Å². The first kappa shape index (κ1) is 22.7. The number of aromatic nitrogens is 1. The number of thiazole rings is 1. The van der Waals surface area contributed by atoms with Crippen molar-refractivity contribution in [1.29, 1.82) is 0 Å². The standard InChI is InChI=1S/C21H30N4O3S/c1-14(2)10-11-22-20(26)18-13-29-19(24-18)12-25(15(3)4)21(27)23-16-6-8-17(28-5)9-7-16/h6-9,13-15H,10-12H2,1-5H3,(H,22,26)(H,23,27). The molecule has 0 fully saturated rings. The van der Waals surface area contributed by atoms with Crippen LogP contribution in [0.15, 0.2) is 29.6 Å². The fourth-order valence-corrected chi connectivity index (χ4v) is 3.33. The Morgan fingerprint density at radius 1 is 1.17 bits per heavy atom. The number of hydrogen-bond acceptors (Lipinski definition) is 5. The summed E-state index contributed by atoms with van der Waals surface area (Å²) in [6.45, 7) is 9.09. The lowest BCUT2D eigenvalue weighted by Crippen LogP contribution is -2.39. The number of amides is 3. The number of urea groups is 1. The molecule has 0 aliphatic carbocycles. The van der Waals surface area contributed by atoms with Crippen molar-refractivity contribution in [3.8, 4) is 5.75 Å². The molecule has 29 heavy (non-hydrogen) atoms. The SMILES string of the molecule is COc1ccc(NC(=O)N(Cc2nc(C(=O)NCCC(C)C)cs2)C(C)C)cc1. The molecule has 2 rings (SSSR count). The summed E-state index contributed by atoms with van der Waals surface area (Å²) in [5.41, 5.74) is 1.08. The van der Waals surface area contributed by atoms with Crippen molar-refractivity contribution in [1.82, 2.24) is 15.2 Å². The predicted octanol–water partition coefficient (Wildman–Crippen LogP) is 4.37. The number of anilines is 1. The number of nitrogens with zero attached hydrogens (tertiary/aromatic N) is 2. The van der Waals surface area contributed by atoms with Crippen LogP contribution in [-0.4, -0.2) is 41.5 Å². The number of carbonyl (C=O) groups is 2. The Morgan fingerprint density at radius 3 is 2.45 bits per heavy atom. The van der Waals surface area contributed by atoms with E-state index in [-0.39, 0.29) is 18.0 Å². The molecule has 0 atom stereocenters. The average Bonchev–Trinajstić information content (AvgIpc) is 3.15. The van der Waals surface area contributed by atoms with E-state index in [9.17, 15) is 9.59 Å². The maximum Gasteiger partial charge on any atom is 0.322 e. The van der Waals surface area contributed by atoms with E-state index in [2.05, 4.69) is 29.5 Å². The summed E-state index contributed by atoms with van der Waals surface area (Å²) >= 11 is 1.38. The van der Waals surface area contributed by atoms with Gasteiger partial charge in [-0.05, 0) is 50.5 Å². The number of methoxy groups -OCH3 is 1. The predicted molar refractivity (Wildman–Crippen MR) is 117 cm³/mol. The van der Waals surface area contributed by atoms with Crippen LogP contribution in [0.25, 0.3) is 0 Å². The monoisotopic (exact) mass is 418 g/mol. The van der Waals surface area contributed by atoms with Gasteiger partial charge in [0, 0.05) is 23.7 Å². The summed E-state index contributed by atoms with van der Waals surface area (Å²) < 4.78 is 5.13. The molecule has 1 aromatic heterocycles. The third kappa shape index (κ3) is 7.05. The van der Waals surface area contributed by atoms with Gasteiger partial charge in [-0.1, -0.05) is 13.8 Å². The number of rotatable bonds is 9. The summed E-state index contributed by atoms with van der Waals surface area (Å²) in [5, 5.41) is 8.23. The van der Waals surface area contributed by atoms with Crippen LogP contribution in [0.2, 0.25) is 0 Å². The summed E-state index contributed by atoms with van der Waals surface area (Å²) in [5.74, 6) is 1.09. The molecule has 0 saturated carbocycles. The average molecular weight is 419 g/mol. The topological polar surface area (TPSA) is 83.6 Å². The summed E-state index contributed by atoms with van der Waals surface area (Å²) in [7, 11) is 1.60. The molecule has 2 aromatic rings. The second kappa shape index (κ2) is 10.8. The Hall–Kier alpha value is -2.61. The van der Waals surface area contributed by atoms with E-state index < -0.39 is 0 Å². The van der Waals surface area contributed by atoms with Crippen LogP contribution >= 0.6 is 11.3 Å². The van der Waals surface area contributed by atoms with E-state index in [0.717, 1.165) is 17.2 Å². The molecule has 0 spiro atoms. The van der Waals surface area contributed by atoms with Gasteiger partial charge in [0.1, 0.15) is 16.5 Å². The fraction of sp³-hybridized carbons (Fsp3) is 0.476. The van der Waals surface area contributed by atoms with E-state index in [1.807, 2.05) is 13.8 Å². The van der Waals surface area contributed by atoms with Gasteiger partial charge in [-0.2, -0.15) is 0 Å². The van der Waals surface area contributed by atoms with Crippen LogP contribution in [0, 0.1) is 5.92 Å². The van der Waals surface area contributed by atoms with Gasteiger partial charge < -0.3 is 20.3 Å². The van der Waals surface area contributed by atoms with Crippen molar-refractivity contribution in [2.45, 2.75) is 46.7 Å². The Bertz CT molecular complexity index is 803. The Labute approximate surface area is 176 Å². The van der Waals surface area contributed by atoms with Crippen molar-refractivity contribution in [2.24, 2.45) is 5.92 Å². The summed E-state index contributed by atoms with van der Waals surface area (Å²) in [4.78, 5) is 31.1. The first-order chi connectivity index (χ1) is 13.8. The minimum Gasteiger partial charge on any atom is -0.497 e. The van der Waals surface area contributed by atoms with Crippen molar-refractivity contribution < 1.29 is 14.3 Å². The highest BCUT2D eigenvalue weighted by Gasteiger charge is 2.20. The van der Waals surface area contributed by atoms with E-state index in [1.165, 1.54) is 11.3 Å². The molecule has 7 nitrogen and oxygen atoms in total. The fourth-order valence-electron chi connectivity index (χ4n) is 2.56. The molecule has 0 aliphatic heterocycles. The number of benzene rings is 1. The van der Waals surface area contributed by atoms with Crippen molar-refractivity contribution in [3.63, 3.8) is 0 Å². The zero-order valence-electron chi connectivity index (χ0n) is 17.7. The van der Waals surface area contributed by atoms with E-state index in [0.29, 0.717) is 30.4 Å². The molecule has 1 heterocycles. The summed E-state index contributed by atoms with van der Waals surface area (Å²) in [6.07, 6.45) is 0.926. The second-order valence-corrected chi connectivity index (χ2v) is 8.39. The maximum absolute atomic E-state index is 12.7. The quantitative estimate of drug-likeness (QED) is 0.633. The minimum atomic E-state index is -0.219. The smallest absolute Gasteiger partial charge is 0.322 e. The number of nitrogens with one attached hydrogen (secondary N) is 2. The molecule has 158 valence electrons. The molecule has 0 aliphatic rings. The van der Waals surface area contributed by atoms with Gasteiger partial charge in [0.2, 0.25) is 0 Å². The van der Waals surface area contributed by atoms with Crippen LogP contribution in [0.5, 0.6) is 5.75 Å². The second-order valence-electron chi connectivity index (χ2n) is 7.45. The zero-order chi connectivity index (χ0) is 21.4. The van der Waals surface area contributed by atoms with Crippen LogP contribution < -0.4 is 15.4 Å². The number of ether oxygens (including phenoxy) is 1. The maximum atomic E-state index is 12.7. The molecule has 0 bridgehead atoms. The lowest BCUT2D eigenvalue weighted by molar-refractivity contribution is 0.0947. The lowest BCUT2D eigenvalue weighted by Gasteiger charge is -2.26. The van der Waals surface area contributed by atoms with Gasteiger partial charge in [0.15, 0.2) is 0 Å². The minimum absolute atomic E-state index is 0.0273. The molecule has 1 aromatic carbocycles. The summed E-state index contributed by atoms with van der Waals surface area (Å²) in [6, 6.07) is 6.92. The molecule has 0 radical (unpaired) electrons. The van der Waals surface area contributed by atoms with Crippen LogP contribution in [0.4, 0.5) is 10.5 Å². The first-order valence-electron chi connectivity index (χ1n) is 9.74. The lowest BCUT2D eigenvalue weighted by atomic mass is 10.1. The van der Waals surface area contributed by atoms with Crippen LogP contribution in [0.3, 0.4) is 0 Å². The normalized spacial score (nSPS) is 10.9. The highest BCUT2D eigenvalue weighted by atomic mass is 32.1. The molecule has 3 amide bonds. The molecule has 0 unspecified atom stereocenters. The molecule has 0 saturated heterocycles. The number of hydrogen-bond donors (Lipinski definition) is 2. The van der Waals surface area contributed by atoms with E-state index in [4.69, 9.17) is 4.74 Å². The van der Waals surface area contributed by atoms with Gasteiger partial charge in [-0.15, -0.1) is 11.3 Å². The van der Waals surface area contributed by atoms with Gasteiger partial charge in [-0.25, -0.2) is 9.78 Å². The van der Waals surface area contributed by atoms with Crippen LogP contribution in [0.1, 0.15) is 49.6 Å². The highest BCUT2D eigenvalue weighted by Crippen LogP contribution is 2.18. The van der Waals surface area contributed by atoms with Gasteiger partial charge in [0.05, 0.1) is 13.7 Å². The zero-order valence-corrected chi connectivity index (χ0v) is 18.5. The number of carbonyl (C=O) groups excluding carboxylic acids is 2. The van der Waals surface area contributed by atoms with Crippen molar-refractivity contribution in [3.05, 3.63) is 40.3 Å². The van der Waals surface area contributed by atoms with Crippen molar-refractivity contribution >= 4 is 29.0 Å². The van der Waals surface area contributed by atoms with Gasteiger partial charge in [-0.3, -0.25) is 4.79 Å². The van der Waals surface area contributed by atoms with Crippen LogP contribution in [-0.2, 0) is 6.54 Å². The third-order valence-electron chi connectivity index (χ3n) is 4.32. The van der Waals surface area contributed by atoms with E-state index in [1.54, 1.807) is 41.7 Å². The largest absolute Gasteiger partial charge is 0.497 e. The molecule has 2 N–H and O–H groups in total. The van der Waals surface area contributed by atoms with Crippen molar-refractivity contribution in [2.75, 3.05) is 19.0 Å². The Balaban J connectivity index is 1.98. The molecular weight excluding hydrogens is 388 g/mol. The molecular formula is C21H30N4O3S. The Morgan fingerprint density at radius 2 is 1.86 bits per heavy atom. The Kier molecular flexibility index (Phi) is 8.45. The first-order valence-corrected chi connectivity index (χ1v) is 10.6. The van der Waals surface area contributed by atoms with Gasteiger partial charge in [0.25, 0.3) is 5.91 Å². The molecule has 8 heteroatoms. The third-order valence-corrected chi connectivity index (χ3v) is 5.16.